The molecule has 0 radical (unpaired) electrons. The molecule has 0 spiro atoms. The summed E-state index contributed by atoms with van der Waals surface area (Å²) in [6.07, 6.45) is 7.10. The van der Waals surface area contributed by atoms with Gasteiger partial charge in [-0.15, -0.1) is 0 Å². The lowest BCUT2D eigenvalue weighted by Gasteiger charge is -2.17. The van der Waals surface area contributed by atoms with Gasteiger partial charge in [-0.25, -0.2) is 0 Å². The van der Waals surface area contributed by atoms with Crippen LogP contribution in [0.5, 0.6) is 0 Å². The Bertz CT molecular complexity index is 697. The van der Waals surface area contributed by atoms with Gasteiger partial charge in [0.25, 0.3) is 0 Å². The van der Waals surface area contributed by atoms with Gasteiger partial charge in [-0.05, 0) is 24.2 Å². The van der Waals surface area contributed by atoms with Crippen LogP contribution in [-0.4, -0.2) is 21.5 Å². The standard InChI is InChI=1S/C16H16N4/c1-2-18-16(15-11-17-7-8-19-15)13-9-12-5-3-4-6-14(12)20-10-13/h3-11,16,18H,2H2,1H3. The molecule has 3 rings (SSSR count). The van der Waals surface area contributed by atoms with Crippen molar-refractivity contribution in [2.24, 2.45) is 0 Å². The average molecular weight is 264 g/mol. The summed E-state index contributed by atoms with van der Waals surface area (Å²) in [5.74, 6) is 0. The van der Waals surface area contributed by atoms with Crippen LogP contribution in [0.1, 0.15) is 24.2 Å². The fourth-order valence-corrected chi connectivity index (χ4v) is 2.30. The predicted molar refractivity (Wildman–Crippen MR) is 79.3 cm³/mol. The van der Waals surface area contributed by atoms with Crippen LogP contribution >= 0.6 is 0 Å². The Morgan fingerprint density at radius 2 is 2.00 bits per heavy atom. The van der Waals surface area contributed by atoms with E-state index in [0.29, 0.717) is 0 Å². The minimum absolute atomic E-state index is 0.0193. The molecular weight excluding hydrogens is 248 g/mol. The third kappa shape index (κ3) is 2.51. The lowest BCUT2D eigenvalue weighted by atomic mass is 10.0. The third-order valence-electron chi connectivity index (χ3n) is 3.23. The summed E-state index contributed by atoms with van der Waals surface area (Å²) in [4.78, 5) is 13.1. The maximum atomic E-state index is 4.52. The number of para-hydroxylation sites is 1. The van der Waals surface area contributed by atoms with Crippen molar-refractivity contribution < 1.29 is 0 Å². The molecule has 4 nitrogen and oxygen atoms in total. The van der Waals surface area contributed by atoms with Crippen molar-refractivity contribution in [3.05, 3.63) is 66.4 Å². The highest BCUT2D eigenvalue weighted by atomic mass is 14.9. The van der Waals surface area contributed by atoms with Crippen molar-refractivity contribution in [2.75, 3.05) is 6.54 Å². The second kappa shape index (κ2) is 5.75. The molecule has 0 aliphatic carbocycles. The molecular formula is C16H16N4. The zero-order valence-electron chi connectivity index (χ0n) is 11.3. The van der Waals surface area contributed by atoms with Crippen molar-refractivity contribution in [3.8, 4) is 0 Å². The van der Waals surface area contributed by atoms with Crippen LogP contribution in [0.25, 0.3) is 10.9 Å². The molecule has 100 valence electrons. The number of pyridine rings is 1. The number of benzene rings is 1. The molecule has 1 atom stereocenters. The summed E-state index contributed by atoms with van der Waals surface area (Å²) in [5.41, 5.74) is 3.02. The van der Waals surface area contributed by atoms with Crippen LogP contribution in [0.2, 0.25) is 0 Å². The van der Waals surface area contributed by atoms with Gasteiger partial charge >= 0.3 is 0 Å². The Hall–Kier alpha value is -2.33. The number of hydrogen-bond acceptors (Lipinski definition) is 4. The molecule has 1 aromatic carbocycles. The van der Waals surface area contributed by atoms with E-state index in [1.807, 2.05) is 24.4 Å². The van der Waals surface area contributed by atoms with Crippen LogP contribution in [0.15, 0.2) is 55.1 Å². The molecule has 3 aromatic rings. The third-order valence-corrected chi connectivity index (χ3v) is 3.23. The van der Waals surface area contributed by atoms with E-state index in [1.54, 1.807) is 18.6 Å². The van der Waals surface area contributed by atoms with Gasteiger partial charge in [0.15, 0.2) is 0 Å². The first-order chi connectivity index (χ1) is 9.88. The molecule has 0 bridgehead atoms. The fourth-order valence-electron chi connectivity index (χ4n) is 2.30. The molecule has 1 N–H and O–H groups in total. The number of rotatable bonds is 4. The van der Waals surface area contributed by atoms with Crippen molar-refractivity contribution >= 4 is 10.9 Å². The topological polar surface area (TPSA) is 50.7 Å². The molecule has 1 unspecified atom stereocenters. The number of nitrogens with zero attached hydrogens (tertiary/aromatic N) is 3. The number of nitrogens with one attached hydrogen (secondary N) is 1. The summed E-state index contributed by atoms with van der Waals surface area (Å²) >= 11 is 0. The maximum Gasteiger partial charge on any atom is 0.0802 e. The van der Waals surface area contributed by atoms with E-state index in [9.17, 15) is 0 Å². The molecule has 0 fully saturated rings. The first-order valence-corrected chi connectivity index (χ1v) is 6.72. The molecule has 2 heterocycles. The average Bonchev–Trinajstić information content (AvgIpc) is 2.53. The van der Waals surface area contributed by atoms with Crippen molar-refractivity contribution in [1.82, 2.24) is 20.3 Å². The molecule has 0 amide bonds. The second-order valence-corrected chi connectivity index (χ2v) is 4.58. The molecule has 20 heavy (non-hydrogen) atoms. The lowest BCUT2D eigenvalue weighted by Crippen LogP contribution is -2.23. The minimum atomic E-state index is 0.0193. The maximum absolute atomic E-state index is 4.52. The van der Waals surface area contributed by atoms with E-state index in [4.69, 9.17) is 0 Å². The summed E-state index contributed by atoms with van der Waals surface area (Å²) < 4.78 is 0. The monoisotopic (exact) mass is 264 g/mol. The highest BCUT2D eigenvalue weighted by molar-refractivity contribution is 5.78. The van der Waals surface area contributed by atoms with Crippen molar-refractivity contribution in [3.63, 3.8) is 0 Å². The molecule has 0 aliphatic rings. The smallest absolute Gasteiger partial charge is 0.0802 e. The first kappa shape index (κ1) is 12.7. The van der Waals surface area contributed by atoms with Crippen LogP contribution in [0, 0.1) is 0 Å². The Labute approximate surface area is 117 Å². The van der Waals surface area contributed by atoms with E-state index in [1.165, 1.54) is 0 Å². The van der Waals surface area contributed by atoms with Crippen LogP contribution in [0.3, 0.4) is 0 Å². The Morgan fingerprint density at radius 1 is 1.10 bits per heavy atom. The Morgan fingerprint density at radius 3 is 2.80 bits per heavy atom. The largest absolute Gasteiger partial charge is 0.305 e. The first-order valence-electron chi connectivity index (χ1n) is 6.72. The van der Waals surface area contributed by atoms with Gasteiger partial charge in [-0.2, -0.15) is 0 Å². The Kier molecular flexibility index (Phi) is 3.65. The van der Waals surface area contributed by atoms with Crippen LogP contribution in [0.4, 0.5) is 0 Å². The predicted octanol–water partition coefficient (Wildman–Crippen LogP) is 2.72. The van der Waals surface area contributed by atoms with Gasteiger partial charge in [0.2, 0.25) is 0 Å². The molecule has 0 aliphatic heterocycles. The van der Waals surface area contributed by atoms with E-state index >= 15 is 0 Å². The second-order valence-electron chi connectivity index (χ2n) is 4.58. The molecule has 0 saturated carbocycles. The van der Waals surface area contributed by atoms with Gasteiger partial charge in [-0.3, -0.25) is 15.0 Å². The molecule has 4 heteroatoms. The summed E-state index contributed by atoms with van der Waals surface area (Å²) in [7, 11) is 0. The van der Waals surface area contributed by atoms with Crippen LogP contribution < -0.4 is 5.32 Å². The highest BCUT2D eigenvalue weighted by Crippen LogP contribution is 2.22. The lowest BCUT2D eigenvalue weighted by molar-refractivity contribution is 0.612. The van der Waals surface area contributed by atoms with Gasteiger partial charge in [-0.1, -0.05) is 25.1 Å². The minimum Gasteiger partial charge on any atom is -0.305 e. The van der Waals surface area contributed by atoms with Crippen molar-refractivity contribution in [2.45, 2.75) is 13.0 Å². The van der Waals surface area contributed by atoms with E-state index in [0.717, 1.165) is 28.7 Å². The van der Waals surface area contributed by atoms with Crippen molar-refractivity contribution in [1.29, 1.82) is 0 Å². The normalized spacial score (nSPS) is 12.4. The summed E-state index contributed by atoms with van der Waals surface area (Å²) in [6, 6.07) is 10.3. The SMILES string of the molecule is CCNC(c1cnc2ccccc2c1)c1cnccn1. The summed E-state index contributed by atoms with van der Waals surface area (Å²) in [5, 5.41) is 4.57. The van der Waals surface area contributed by atoms with Gasteiger partial charge < -0.3 is 5.32 Å². The van der Waals surface area contributed by atoms with E-state index in [2.05, 4.69) is 39.3 Å². The zero-order chi connectivity index (χ0) is 13.8. The van der Waals surface area contributed by atoms with E-state index in [-0.39, 0.29) is 6.04 Å². The quantitative estimate of drug-likeness (QED) is 0.787. The number of fused-ring (bicyclic) bond motifs is 1. The number of hydrogen-bond donors (Lipinski definition) is 1. The van der Waals surface area contributed by atoms with E-state index < -0.39 is 0 Å². The zero-order valence-corrected chi connectivity index (χ0v) is 11.3. The molecule has 0 saturated heterocycles. The summed E-state index contributed by atoms with van der Waals surface area (Å²) in [6.45, 7) is 2.94. The van der Waals surface area contributed by atoms with Gasteiger partial charge in [0, 0.05) is 24.0 Å². The van der Waals surface area contributed by atoms with Crippen LogP contribution in [-0.2, 0) is 0 Å². The highest BCUT2D eigenvalue weighted by Gasteiger charge is 2.15. The number of aromatic nitrogens is 3. The van der Waals surface area contributed by atoms with Gasteiger partial charge in [0.05, 0.1) is 23.4 Å². The molecule has 2 aromatic heterocycles. The Balaban J connectivity index is 2.05. The van der Waals surface area contributed by atoms with Gasteiger partial charge in [0.1, 0.15) is 0 Å². The fraction of sp³-hybridized carbons (Fsp3) is 0.188.